The third-order valence-corrected chi connectivity index (χ3v) is 5.63. The Balaban J connectivity index is 2.51. The molecule has 160 valence electrons. The number of ether oxygens (including phenoxy) is 1. The second kappa shape index (κ2) is 8.91. The molecule has 3 N–H and O–H groups in total. The van der Waals surface area contributed by atoms with Gasteiger partial charge in [0.25, 0.3) is 0 Å². The zero-order valence-corrected chi connectivity index (χ0v) is 18.3. The minimum Gasteiger partial charge on any atom is -0.460 e. The van der Waals surface area contributed by atoms with Gasteiger partial charge >= 0.3 is 5.97 Å². The summed E-state index contributed by atoms with van der Waals surface area (Å²) in [4.78, 5) is 33.0. The van der Waals surface area contributed by atoms with E-state index in [1.165, 1.54) is 6.20 Å². The molecule has 0 amide bonds. The Bertz CT molecular complexity index is 943. The van der Waals surface area contributed by atoms with Gasteiger partial charge in [-0.05, 0) is 41.5 Å². The zero-order chi connectivity index (χ0) is 21.9. The Morgan fingerprint density at radius 2 is 1.79 bits per heavy atom. The zero-order valence-electron chi connectivity index (χ0n) is 17.5. The van der Waals surface area contributed by atoms with Gasteiger partial charge in [-0.15, -0.1) is 0 Å². The molecule has 1 aliphatic heterocycles. The lowest BCUT2D eigenvalue weighted by atomic mass is 9.83. The number of aromatic amines is 1. The molecule has 0 aromatic carbocycles. The van der Waals surface area contributed by atoms with Gasteiger partial charge in [0, 0.05) is 35.4 Å². The maximum atomic E-state index is 13.1. The summed E-state index contributed by atoms with van der Waals surface area (Å²) < 4.78 is 32.4. The number of imidazole rings is 1. The summed E-state index contributed by atoms with van der Waals surface area (Å²) in [6, 6.07) is -0.341. The van der Waals surface area contributed by atoms with Gasteiger partial charge in [-0.25, -0.2) is 22.9 Å². The lowest BCUT2D eigenvalue weighted by Crippen LogP contribution is -2.38. The van der Waals surface area contributed by atoms with Crippen LogP contribution in [0.2, 0.25) is 0 Å². The van der Waals surface area contributed by atoms with Crippen molar-refractivity contribution in [3.8, 4) is 0 Å². The predicted molar refractivity (Wildman–Crippen MR) is 108 cm³/mol. The second-order valence-electron chi connectivity index (χ2n) is 7.52. The topological polar surface area (TPSA) is 130 Å². The molecule has 0 fully saturated rings. The average molecular weight is 425 g/mol. The number of carbonyl (C=O) groups is 2. The van der Waals surface area contributed by atoms with Crippen molar-refractivity contribution in [3.05, 3.63) is 40.8 Å². The highest BCUT2D eigenvalue weighted by atomic mass is 32.2. The molecule has 9 nitrogen and oxygen atoms in total. The van der Waals surface area contributed by atoms with Crippen LogP contribution < -0.4 is 10.0 Å². The molecule has 0 saturated carbocycles. The van der Waals surface area contributed by atoms with Gasteiger partial charge in [0.1, 0.15) is 11.6 Å². The normalized spacial score (nSPS) is 17.7. The molecule has 1 unspecified atom stereocenters. The third-order valence-electron chi connectivity index (χ3n) is 4.15. The number of allylic oxidation sites excluding steroid dienone is 3. The number of ketones is 1. The lowest BCUT2D eigenvalue weighted by molar-refractivity contribution is -0.143. The summed E-state index contributed by atoms with van der Waals surface area (Å²) >= 11 is 0. The molecule has 29 heavy (non-hydrogen) atoms. The number of Topliss-reactive ketones (excluding diaryl/α,β-unsaturated/α-hetero) is 1. The number of carbonyl (C=O) groups excluding carboxylic acids is 2. The minimum absolute atomic E-state index is 0.162. The summed E-state index contributed by atoms with van der Waals surface area (Å²) in [5.41, 5.74) is 1.37. The molecule has 1 aromatic heterocycles. The van der Waals surface area contributed by atoms with Gasteiger partial charge in [-0.3, -0.25) is 4.79 Å². The van der Waals surface area contributed by atoms with Crippen LogP contribution in [-0.2, 0) is 24.3 Å². The van der Waals surface area contributed by atoms with E-state index in [9.17, 15) is 18.0 Å². The number of aromatic nitrogens is 2. The van der Waals surface area contributed by atoms with Crippen molar-refractivity contribution in [1.82, 2.24) is 20.0 Å². The van der Waals surface area contributed by atoms with Gasteiger partial charge in [0.15, 0.2) is 5.78 Å². The van der Waals surface area contributed by atoms with Crippen LogP contribution in [0.15, 0.2) is 34.9 Å². The Kier molecular flexibility index (Phi) is 7.02. The molecule has 0 bridgehead atoms. The van der Waals surface area contributed by atoms with E-state index in [4.69, 9.17) is 4.74 Å². The van der Waals surface area contributed by atoms with Crippen LogP contribution in [0.25, 0.3) is 0 Å². The van der Waals surface area contributed by atoms with E-state index in [1.54, 1.807) is 47.7 Å². The molecule has 0 spiro atoms. The maximum absolute atomic E-state index is 13.1. The van der Waals surface area contributed by atoms with E-state index < -0.39 is 33.4 Å². The highest BCUT2D eigenvalue weighted by Gasteiger charge is 2.39. The lowest BCUT2D eigenvalue weighted by Gasteiger charge is -2.30. The number of dihydropyridines is 1. The van der Waals surface area contributed by atoms with Crippen LogP contribution in [0.4, 0.5) is 0 Å². The molecule has 0 saturated heterocycles. The third kappa shape index (κ3) is 5.54. The number of hydrogen-bond acceptors (Lipinski definition) is 7. The van der Waals surface area contributed by atoms with Crippen LogP contribution in [0, 0.1) is 0 Å². The fourth-order valence-corrected chi connectivity index (χ4v) is 4.57. The van der Waals surface area contributed by atoms with Crippen LogP contribution in [0.3, 0.4) is 0 Å². The van der Waals surface area contributed by atoms with Crippen LogP contribution in [-0.4, -0.2) is 48.0 Å². The van der Waals surface area contributed by atoms with Gasteiger partial charge in [0.2, 0.25) is 10.0 Å². The van der Waals surface area contributed by atoms with Gasteiger partial charge < -0.3 is 15.0 Å². The van der Waals surface area contributed by atoms with E-state index in [0.29, 0.717) is 17.2 Å². The van der Waals surface area contributed by atoms with Crippen LogP contribution >= 0.6 is 0 Å². The minimum atomic E-state index is -3.84. The largest absolute Gasteiger partial charge is 0.460 e. The first-order valence-electron chi connectivity index (χ1n) is 9.35. The first-order chi connectivity index (χ1) is 13.4. The van der Waals surface area contributed by atoms with E-state index in [0.717, 1.165) is 0 Å². The van der Waals surface area contributed by atoms with Gasteiger partial charge in [-0.1, -0.05) is 0 Å². The fraction of sp³-hybridized carbons (Fsp3) is 0.526. The number of H-pyrrole nitrogens is 1. The molecule has 0 radical (unpaired) electrons. The van der Waals surface area contributed by atoms with Crippen LogP contribution in [0.1, 0.15) is 53.3 Å². The monoisotopic (exact) mass is 424 g/mol. The Labute approximate surface area is 171 Å². The molecule has 1 aromatic rings. The average Bonchev–Trinajstić information content (AvgIpc) is 3.04. The molecule has 1 atom stereocenters. The second-order valence-corrected chi connectivity index (χ2v) is 9.27. The molecule has 2 heterocycles. The SMILES string of the molecule is CC1=C(C(=O)CS(=O)(=O)NC(C)C)C(c2ncc[nH]2)C(C(=O)OC(C)C)=C(C)N1. The number of rotatable bonds is 8. The molecule has 2 rings (SSSR count). The summed E-state index contributed by atoms with van der Waals surface area (Å²) in [6.45, 7) is 10.2. The summed E-state index contributed by atoms with van der Waals surface area (Å²) in [5, 5.41) is 3.01. The molecule has 1 aliphatic rings. The first kappa shape index (κ1) is 22.8. The van der Waals surface area contributed by atoms with Gasteiger partial charge in [-0.2, -0.15) is 0 Å². The van der Waals surface area contributed by atoms with Crippen LogP contribution in [0.5, 0.6) is 0 Å². The van der Waals surface area contributed by atoms with Crippen molar-refractivity contribution in [2.24, 2.45) is 0 Å². The van der Waals surface area contributed by atoms with E-state index in [-0.39, 0.29) is 23.3 Å². The molecular formula is C19H28N4O5S. The van der Waals surface area contributed by atoms with Crippen molar-refractivity contribution in [2.45, 2.75) is 59.6 Å². The number of hydrogen-bond donors (Lipinski definition) is 3. The number of nitrogens with one attached hydrogen (secondary N) is 3. The van der Waals surface area contributed by atoms with Crippen molar-refractivity contribution < 1.29 is 22.7 Å². The first-order valence-corrected chi connectivity index (χ1v) is 11.0. The number of nitrogens with zero attached hydrogens (tertiary/aromatic N) is 1. The quantitative estimate of drug-likeness (QED) is 0.539. The van der Waals surface area contributed by atoms with Crippen molar-refractivity contribution in [1.29, 1.82) is 0 Å². The van der Waals surface area contributed by atoms with Gasteiger partial charge in [0.05, 0.1) is 17.6 Å². The van der Waals surface area contributed by atoms with Crippen molar-refractivity contribution in [3.63, 3.8) is 0 Å². The Hall–Kier alpha value is -2.46. The highest BCUT2D eigenvalue weighted by Crippen LogP contribution is 2.37. The smallest absolute Gasteiger partial charge is 0.337 e. The highest BCUT2D eigenvalue weighted by molar-refractivity contribution is 7.90. The fourth-order valence-electron chi connectivity index (χ4n) is 3.27. The van der Waals surface area contributed by atoms with E-state index in [2.05, 4.69) is 20.0 Å². The number of esters is 1. The summed E-state index contributed by atoms with van der Waals surface area (Å²) in [5.74, 6) is -2.44. The summed E-state index contributed by atoms with van der Waals surface area (Å²) in [6.07, 6.45) is 2.72. The van der Waals surface area contributed by atoms with E-state index >= 15 is 0 Å². The Morgan fingerprint density at radius 3 is 2.31 bits per heavy atom. The Morgan fingerprint density at radius 1 is 1.17 bits per heavy atom. The predicted octanol–water partition coefficient (Wildman–Crippen LogP) is 1.49. The molecular weight excluding hydrogens is 396 g/mol. The molecule has 10 heteroatoms. The molecule has 0 aliphatic carbocycles. The maximum Gasteiger partial charge on any atom is 0.337 e. The van der Waals surface area contributed by atoms with Crippen molar-refractivity contribution in [2.75, 3.05) is 5.75 Å². The summed E-state index contributed by atoms with van der Waals surface area (Å²) in [7, 11) is -3.84. The standard InChI is InChI=1S/C19H28N4O5S/c1-10(2)23-29(26,27)9-14(24)15-12(5)22-13(6)16(19(25)28-11(3)4)17(15)18-20-7-8-21-18/h7-8,10-11,17,22-23H,9H2,1-6H3,(H,20,21). The van der Waals surface area contributed by atoms with E-state index in [1.807, 2.05) is 0 Å². The van der Waals surface area contributed by atoms with Crippen molar-refractivity contribution >= 4 is 21.8 Å². The number of sulfonamides is 1.